The summed E-state index contributed by atoms with van der Waals surface area (Å²) < 4.78 is 105. The first kappa shape index (κ1) is 20.6. The van der Waals surface area contributed by atoms with E-state index in [4.69, 9.17) is 4.74 Å². The third-order valence-corrected chi connectivity index (χ3v) is 6.87. The van der Waals surface area contributed by atoms with Crippen molar-refractivity contribution in [2.75, 3.05) is 13.2 Å². The summed E-state index contributed by atoms with van der Waals surface area (Å²) in [5.41, 5.74) is -3.52. The van der Waals surface area contributed by atoms with E-state index in [1.807, 2.05) is 0 Å². The second-order valence-electron chi connectivity index (χ2n) is 8.83. The SMILES string of the molecule is Fc1ccc(C2(C(F)(F)C34CC(c5ccc(OCC(F)(F)F)cc5)(C3)C4)CO2)c(F)c1. The van der Waals surface area contributed by atoms with E-state index in [0.29, 0.717) is 6.07 Å². The Labute approximate surface area is 173 Å². The number of epoxide rings is 1. The molecule has 166 valence electrons. The lowest BCUT2D eigenvalue weighted by molar-refractivity contribution is -0.306. The van der Waals surface area contributed by atoms with E-state index in [1.165, 1.54) is 12.1 Å². The molecule has 2 aromatic carbocycles. The molecule has 1 atom stereocenters. The number of benzene rings is 2. The van der Waals surface area contributed by atoms with Gasteiger partial charge < -0.3 is 9.47 Å². The molecule has 4 fully saturated rings. The minimum Gasteiger partial charge on any atom is -0.484 e. The molecule has 0 spiro atoms. The number of ether oxygens (including phenoxy) is 2. The minimum atomic E-state index is -4.45. The van der Waals surface area contributed by atoms with Crippen molar-refractivity contribution in [2.24, 2.45) is 5.41 Å². The van der Waals surface area contributed by atoms with E-state index in [2.05, 4.69) is 4.74 Å². The molecular weight excluding hydrogens is 429 g/mol. The zero-order chi connectivity index (χ0) is 22.3. The first-order valence-electron chi connectivity index (χ1n) is 9.70. The van der Waals surface area contributed by atoms with Crippen LogP contribution in [-0.4, -0.2) is 25.3 Å². The molecule has 1 aliphatic heterocycles. The highest BCUT2D eigenvalue weighted by molar-refractivity contribution is 5.45. The van der Waals surface area contributed by atoms with Crippen LogP contribution in [0.2, 0.25) is 0 Å². The van der Waals surface area contributed by atoms with Gasteiger partial charge in [0, 0.05) is 17.0 Å². The number of halogens is 7. The van der Waals surface area contributed by atoms with E-state index >= 15 is 8.78 Å². The van der Waals surface area contributed by atoms with Crippen molar-refractivity contribution in [1.82, 2.24) is 0 Å². The lowest BCUT2D eigenvalue weighted by Gasteiger charge is -2.73. The zero-order valence-corrected chi connectivity index (χ0v) is 16.0. The second kappa shape index (κ2) is 6.15. The van der Waals surface area contributed by atoms with E-state index in [1.54, 1.807) is 12.1 Å². The molecule has 1 unspecified atom stereocenters. The fraction of sp³-hybridized carbons (Fsp3) is 0.455. The van der Waals surface area contributed by atoms with Gasteiger partial charge in [-0.15, -0.1) is 0 Å². The van der Waals surface area contributed by atoms with E-state index in [-0.39, 0.29) is 37.2 Å². The Morgan fingerprint density at radius 3 is 2.03 bits per heavy atom. The Kier molecular flexibility index (Phi) is 4.09. The Hall–Kier alpha value is -2.29. The molecule has 0 radical (unpaired) electrons. The van der Waals surface area contributed by atoms with Gasteiger partial charge in [0.2, 0.25) is 0 Å². The van der Waals surface area contributed by atoms with Crippen LogP contribution >= 0.6 is 0 Å². The van der Waals surface area contributed by atoms with E-state index in [0.717, 1.165) is 17.7 Å². The maximum absolute atomic E-state index is 15.5. The Bertz CT molecular complexity index is 1010. The molecule has 0 aromatic heterocycles. The number of hydrogen-bond donors (Lipinski definition) is 0. The van der Waals surface area contributed by atoms with Crippen molar-refractivity contribution in [3.8, 4) is 5.75 Å². The highest BCUT2D eigenvalue weighted by Gasteiger charge is 2.85. The number of rotatable bonds is 6. The molecule has 3 aliphatic carbocycles. The smallest absolute Gasteiger partial charge is 0.422 e. The molecule has 1 saturated heterocycles. The van der Waals surface area contributed by atoms with Gasteiger partial charge in [-0.3, -0.25) is 0 Å². The van der Waals surface area contributed by atoms with Gasteiger partial charge in [0.1, 0.15) is 17.4 Å². The number of hydrogen-bond acceptors (Lipinski definition) is 2. The molecule has 2 aromatic rings. The largest absolute Gasteiger partial charge is 0.484 e. The predicted molar refractivity (Wildman–Crippen MR) is 94.9 cm³/mol. The standard InChI is InChI=1S/C22H17F7O2/c23-14-3-6-16(17(24)7-14)20(11-31-20)22(28,29)19-8-18(9-19,10-19)13-1-4-15(5-2-13)30-12-21(25,26)27/h1-7H,8-12H2. The fourth-order valence-corrected chi connectivity index (χ4v) is 5.32. The van der Waals surface area contributed by atoms with Crippen LogP contribution in [0.5, 0.6) is 5.75 Å². The fourth-order valence-electron chi connectivity index (χ4n) is 5.32. The molecule has 6 rings (SSSR count). The molecule has 0 N–H and O–H groups in total. The van der Waals surface area contributed by atoms with Crippen molar-refractivity contribution < 1.29 is 40.2 Å². The number of alkyl halides is 5. The van der Waals surface area contributed by atoms with Gasteiger partial charge in [0.15, 0.2) is 12.2 Å². The zero-order valence-electron chi connectivity index (χ0n) is 16.0. The average molecular weight is 446 g/mol. The van der Waals surface area contributed by atoms with Crippen molar-refractivity contribution in [1.29, 1.82) is 0 Å². The van der Waals surface area contributed by atoms with Gasteiger partial charge in [-0.1, -0.05) is 12.1 Å². The van der Waals surface area contributed by atoms with Crippen molar-refractivity contribution in [3.05, 3.63) is 65.2 Å². The van der Waals surface area contributed by atoms with Crippen LogP contribution in [0.1, 0.15) is 30.4 Å². The monoisotopic (exact) mass is 446 g/mol. The summed E-state index contributed by atoms with van der Waals surface area (Å²) in [4.78, 5) is 0. The minimum absolute atomic E-state index is 0.0461. The quantitative estimate of drug-likeness (QED) is 0.408. The van der Waals surface area contributed by atoms with Crippen LogP contribution in [0.3, 0.4) is 0 Å². The van der Waals surface area contributed by atoms with E-state index in [9.17, 15) is 22.0 Å². The van der Waals surface area contributed by atoms with Gasteiger partial charge in [0.05, 0.1) is 6.61 Å². The van der Waals surface area contributed by atoms with Gasteiger partial charge >= 0.3 is 6.18 Å². The molecule has 1 heterocycles. The maximum atomic E-state index is 15.5. The Balaban J connectivity index is 1.31. The third kappa shape index (κ3) is 2.88. The topological polar surface area (TPSA) is 21.8 Å². The Morgan fingerprint density at radius 1 is 0.903 bits per heavy atom. The maximum Gasteiger partial charge on any atom is 0.422 e. The summed E-state index contributed by atoms with van der Waals surface area (Å²) in [5, 5.41) is 0. The molecule has 4 aliphatic rings. The summed E-state index contributed by atoms with van der Waals surface area (Å²) in [5.74, 6) is -5.22. The summed E-state index contributed by atoms with van der Waals surface area (Å²) in [6.45, 7) is -1.75. The van der Waals surface area contributed by atoms with Gasteiger partial charge in [0.25, 0.3) is 5.92 Å². The average Bonchev–Trinajstić information content (AvgIpc) is 3.40. The molecule has 3 saturated carbocycles. The molecule has 0 amide bonds. The normalized spacial score (nSPS) is 31.6. The summed E-state index contributed by atoms with van der Waals surface area (Å²) in [7, 11) is 0. The molecule has 31 heavy (non-hydrogen) atoms. The molecule has 2 bridgehead atoms. The van der Waals surface area contributed by atoms with Crippen LogP contribution < -0.4 is 4.74 Å². The third-order valence-electron chi connectivity index (χ3n) is 6.87. The van der Waals surface area contributed by atoms with Crippen LogP contribution in [-0.2, 0) is 15.8 Å². The lowest BCUT2D eigenvalue weighted by Crippen LogP contribution is -2.74. The molecule has 2 nitrogen and oxygen atoms in total. The summed E-state index contributed by atoms with van der Waals surface area (Å²) >= 11 is 0. The van der Waals surface area contributed by atoms with E-state index < -0.39 is 46.8 Å². The van der Waals surface area contributed by atoms with Gasteiger partial charge in [-0.2, -0.15) is 13.2 Å². The summed E-state index contributed by atoms with van der Waals surface area (Å²) in [6, 6.07) is 8.49. The van der Waals surface area contributed by atoms with Crippen LogP contribution in [0, 0.1) is 17.0 Å². The van der Waals surface area contributed by atoms with Crippen LogP contribution in [0.25, 0.3) is 0 Å². The second-order valence-corrected chi connectivity index (χ2v) is 8.83. The Morgan fingerprint density at radius 2 is 1.52 bits per heavy atom. The summed E-state index contributed by atoms with van der Waals surface area (Å²) in [6.07, 6.45) is -3.98. The first-order valence-corrected chi connectivity index (χ1v) is 9.70. The highest BCUT2D eigenvalue weighted by Crippen LogP contribution is 2.81. The van der Waals surface area contributed by atoms with Crippen molar-refractivity contribution in [2.45, 2.75) is 42.4 Å². The first-order chi connectivity index (χ1) is 14.4. The van der Waals surface area contributed by atoms with Crippen molar-refractivity contribution in [3.63, 3.8) is 0 Å². The predicted octanol–water partition coefficient (Wildman–Crippen LogP) is 5.89. The highest BCUT2D eigenvalue weighted by atomic mass is 19.4. The van der Waals surface area contributed by atoms with Crippen LogP contribution in [0.15, 0.2) is 42.5 Å². The van der Waals surface area contributed by atoms with Gasteiger partial charge in [-0.05, 0) is 54.5 Å². The molecular formula is C22H17F7O2. The van der Waals surface area contributed by atoms with Gasteiger partial charge in [-0.25, -0.2) is 17.6 Å². The van der Waals surface area contributed by atoms with Crippen molar-refractivity contribution >= 4 is 0 Å². The van der Waals surface area contributed by atoms with Crippen LogP contribution in [0.4, 0.5) is 30.7 Å². The lowest BCUT2D eigenvalue weighted by atomic mass is 9.31. The molecule has 9 heteroatoms.